The van der Waals surface area contributed by atoms with Gasteiger partial charge in [0.15, 0.2) is 0 Å². The summed E-state index contributed by atoms with van der Waals surface area (Å²) in [5.41, 5.74) is 0. The predicted octanol–water partition coefficient (Wildman–Crippen LogP) is 3.12. The van der Waals surface area contributed by atoms with Gasteiger partial charge in [0, 0.05) is 5.92 Å². The maximum absolute atomic E-state index is 10.2. The fourth-order valence-electron chi connectivity index (χ4n) is 0.912. The van der Waals surface area contributed by atoms with Crippen molar-refractivity contribution in [2.45, 2.75) is 33.1 Å². The van der Waals surface area contributed by atoms with E-state index < -0.39 is 0 Å². The Bertz CT molecular complexity index is 156. The van der Waals surface area contributed by atoms with Crippen LogP contribution in [0.3, 0.4) is 0 Å². The molecule has 12 heavy (non-hydrogen) atoms. The minimum absolute atomic E-state index is 0.222. The Morgan fingerprint density at radius 1 is 1.33 bits per heavy atom. The molecular formula is C11H18O. The fraction of sp³-hybridized carbons (Fsp3) is 0.545. The van der Waals surface area contributed by atoms with Gasteiger partial charge in [-0.3, -0.25) is 0 Å². The molecule has 0 N–H and O–H groups in total. The average molecular weight is 166 g/mol. The summed E-state index contributed by atoms with van der Waals surface area (Å²) in [6.07, 6.45) is 12.4. The van der Waals surface area contributed by atoms with Crippen molar-refractivity contribution in [1.29, 1.82) is 0 Å². The van der Waals surface area contributed by atoms with E-state index in [-0.39, 0.29) is 5.92 Å². The molecule has 0 aromatic heterocycles. The van der Waals surface area contributed by atoms with Crippen LogP contribution >= 0.6 is 0 Å². The van der Waals surface area contributed by atoms with Crippen LogP contribution in [0.1, 0.15) is 33.1 Å². The molecule has 1 nitrogen and oxygen atoms in total. The Morgan fingerprint density at radius 2 is 2.08 bits per heavy atom. The van der Waals surface area contributed by atoms with Gasteiger partial charge in [-0.25, -0.2) is 0 Å². The van der Waals surface area contributed by atoms with Gasteiger partial charge in [0.1, 0.15) is 6.29 Å². The molecule has 0 rings (SSSR count). The van der Waals surface area contributed by atoms with Gasteiger partial charge in [-0.05, 0) is 26.2 Å². The molecule has 0 unspecified atom stereocenters. The van der Waals surface area contributed by atoms with Crippen LogP contribution in [0.5, 0.6) is 0 Å². The maximum atomic E-state index is 10.2. The second kappa shape index (κ2) is 8.25. The van der Waals surface area contributed by atoms with E-state index in [1.54, 1.807) is 0 Å². The fourth-order valence-corrected chi connectivity index (χ4v) is 0.912. The predicted molar refractivity (Wildman–Crippen MR) is 53.0 cm³/mol. The van der Waals surface area contributed by atoms with Crippen molar-refractivity contribution < 1.29 is 4.79 Å². The molecule has 0 spiro atoms. The molecule has 1 atom stereocenters. The zero-order valence-electron chi connectivity index (χ0n) is 7.99. The summed E-state index contributed by atoms with van der Waals surface area (Å²) in [5.74, 6) is 0.222. The second-order valence-electron chi connectivity index (χ2n) is 3.00. The SMILES string of the molecule is C/C=C/C=C/CCC[C@@H](C)C=O. The zero-order chi connectivity index (χ0) is 9.23. The van der Waals surface area contributed by atoms with Crippen LogP contribution in [0, 0.1) is 5.92 Å². The molecule has 0 saturated heterocycles. The highest BCUT2D eigenvalue weighted by Gasteiger charge is 1.96. The number of rotatable bonds is 6. The van der Waals surface area contributed by atoms with Crippen LogP contribution in [0.2, 0.25) is 0 Å². The molecule has 0 aromatic rings. The lowest BCUT2D eigenvalue weighted by atomic mass is 10.1. The average Bonchev–Trinajstić information content (AvgIpc) is 2.10. The minimum atomic E-state index is 0.222. The summed E-state index contributed by atoms with van der Waals surface area (Å²) in [7, 11) is 0. The smallest absolute Gasteiger partial charge is 0.122 e. The Morgan fingerprint density at radius 3 is 2.67 bits per heavy atom. The number of hydrogen-bond donors (Lipinski definition) is 0. The van der Waals surface area contributed by atoms with Crippen molar-refractivity contribution in [3.8, 4) is 0 Å². The van der Waals surface area contributed by atoms with Crippen molar-refractivity contribution in [3.63, 3.8) is 0 Å². The van der Waals surface area contributed by atoms with Crippen molar-refractivity contribution in [1.82, 2.24) is 0 Å². The highest BCUT2D eigenvalue weighted by Crippen LogP contribution is 2.05. The number of allylic oxidation sites excluding steroid dienone is 4. The lowest BCUT2D eigenvalue weighted by molar-refractivity contribution is -0.110. The van der Waals surface area contributed by atoms with E-state index >= 15 is 0 Å². The third-order valence-corrected chi connectivity index (χ3v) is 1.70. The van der Waals surface area contributed by atoms with E-state index in [0.717, 1.165) is 25.5 Å². The number of aldehydes is 1. The Balaban J connectivity index is 3.26. The van der Waals surface area contributed by atoms with Crippen molar-refractivity contribution >= 4 is 6.29 Å². The molecular weight excluding hydrogens is 148 g/mol. The summed E-state index contributed by atoms with van der Waals surface area (Å²) in [5, 5.41) is 0. The molecule has 0 fully saturated rings. The molecule has 1 heteroatoms. The molecule has 0 amide bonds. The van der Waals surface area contributed by atoms with E-state index in [1.165, 1.54) is 0 Å². The molecule has 0 heterocycles. The van der Waals surface area contributed by atoms with Crippen LogP contribution in [0.15, 0.2) is 24.3 Å². The van der Waals surface area contributed by atoms with E-state index in [4.69, 9.17) is 0 Å². The molecule has 68 valence electrons. The highest BCUT2D eigenvalue weighted by atomic mass is 16.1. The van der Waals surface area contributed by atoms with Gasteiger partial charge < -0.3 is 4.79 Å². The first-order valence-electron chi connectivity index (χ1n) is 4.54. The monoisotopic (exact) mass is 166 g/mol. The van der Waals surface area contributed by atoms with Crippen molar-refractivity contribution in [2.75, 3.05) is 0 Å². The van der Waals surface area contributed by atoms with Gasteiger partial charge in [-0.15, -0.1) is 0 Å². The Hall–Kier alpha value is -0.850. The quantitative estimate of drug-likeness (QED) is 0.336. The second-order valence-corrected chi connectivity index (χ2v) is 3.00. The van der Waals surface area contributed by atoms with Crippen LogP contribution in [-0.2, 0) is 4.79 Å². The van der Waals surface area contributed by atoms with E-state index in [0.29, 0.717) is 0 Å². The molecule has 0 aromatic carbocycles. The van der Waals surface area contributed by atoms with Crippen molar-refractivity contribution in [2.24, 2.45) is 5.92 Å². The first-order chi connectivity index (χ1) is 5.81. The summed E-state index contributed by atoms with van der Waals surface area (Å²) < 4.78 is 0. The van der Waals surface area contributed by atoms with Gasteiger partial charge in [0.2, 0.25) is 0 Å². The molecule has 0 bridgehead atoms. The maximum Gasteiger partial charge on any atom is 0.122 e. The lowest BCUT2D eigenvalue weighted by Gasteiger charge is -1.98. The van der Waals surface area contributed by atoms with Gasteiger partial charge in [0.25, 0.3) is 0 Å². The number of carbonyl (C=O) groups is 1. The number of carbonyl (C=O) groups excluding carboxylic acids is 1. The first kappa shape index (κ1) is 11.2. The molecule has 0 aliphatic rings. The zero-order valence-corrected chi connectivity index (χ0v) is 7.99. The van der Waals surface area contributed by atoms with Gasteiger partial charge in [-0.1, -0.05) is 31.2 Å². The van der Waals surface area contributed by atoms with Crippen molar-refractivity contribution in [3.05, 3.63) is 24.3 Å². The van der Waals surface area contributed by atoms with E-state index in [1.807, 2.05) is 32.1 Å². The summed E-state index contributed by atoms with van der Waals surface area (Å²) in [6, 6.07) is 0. The highest BCUT2D eigenvalue weighted by molar-refractivity contribution is 5.52. The van der Waals surface area contributed by atoms with Gasteiger partial charge in [0.05, 0.1) is 0 Å². The third kappa shape index (κ3) is 7.26. The lowest BCUT2D eigenvalue weighted by Crippen LogP contribution is -1.93. The molecule has 0 radical (unpaired) electrons. The van der Waals surface area contributed by atoms with Gasteiger partial charge in [-0.2, -0.15) is 0 Å². The summed E-state index contributed by atoms with van der Waals surface area (Å²) in [4.78, 5) is 10.2. The van der Waals surface area contributed by atoms with E-state index in [2.05, 4.69) is 6.08 Å². The topological polar surface area (TPSA) is 17.1 Å². The summed E-state index contributed by atoms with van der Waals surface area (Å²) in [6.45, 7) is 3.96. The standard InChI is InChI=1S/C11H18O/c1-3-4-5-6-7-8-9-11(2)10-12/h3-6,10-11H,7-9H2,1-2H3/b4-3+,6-5+/t11-/m1/s1. The van der Waals surface area contributed by atoms with Crippen LogP contribution in [0.4, 0.5) is 0 Å². The minimum Gasteiger partial charge on any atom is -0.303 e. The Kier molecular flexibility index (Phi) is 7.66. The normalized spacial score (nSPS) is 14.2. The molecule has 0 aliphatic carbocycles. The number of unbranched alkanes of at least 4 members (excludes halogenated alkanes) is 1. The molecule has 0 saturated carbocycles. The van der Waals surface area contributed by atoms with Crippen LogP contribution < -0.4 is 0 Å². The van der Waals surface area contributed by atoms with Crippen LogP contribution in [-0.4, -0.2) is 6.29 Å². The first-order valence-corrected chi connectivity index (χ1v) is 4.54. The van der Waals surface area contributed by atoms with E-state index in [9.17, 15) is 4.79 Å². The molecule has 0 aliphatic heterocycles. The number of hydrogen-bond acceptors (Lipinski definition) is 1. The van der Waals surface area contributed by atoms with Gasteiger partial charge >= 0.3 is 0 Å². The third-order valence-electron chi connectivity index (χ3n) is 1.70. The largest absolute Gasteiger partial charge is 0.303 e. The van der Waals surface area contributed by atoms with Crippen LogP contribution in [0.25, 0.3) is 0 Å². The Labute approximate surface area is 75.2 Å². The summed E-state index contributed by atoms with van der Waals surface area (Å²) >= 11 is 0.